The lowest BCUT2D eigenvalue weighted by molar-refractivity contribution is -0.119. The van der Waals surface area contributed by atoms with Crippen LogP contribution in [0.1, 0.15) is 40.2 Å². The van der Waals surface area contributed by atoms with E-state index in [1.807, 2.05) is 36.4 Å². The smallest absolute Gasteiger partial charge is 0.408 e. The van der Waals surface area contributed by atoms with Crippen LogP contribution in [-0.2, 0) is 9.53 Å². The Morgan fingerprint density at radius 3 is 2.17 bits per heavy atom. The number of hydrogen-bond donors (Lipinski definition) is 3. The number of hydrogen-bond acceptors (Lipinski definition) is 5. The van der Waals surface area contributed by atoms with Crippen molar-refractivity contribution in [1.82, 2.24) is 5.32 Å². The largest absolute Gasteiger partial charge is 0.497 e. The molecular formula is C27H24N2O6. The second kappa shape index (κ2) is 8.79. The maximum absolute atomic E-state index is 13.0. The number of carbonyl (C=O) groups is 3. The molecule has 0 saturated heterocycles. The number of amides is 2. The topological polar surface area (TPSA) is 114 Å². The van der Waals surface area contributed by atoms with Gasteiger partial charge in [0.1, 0.15) is 17.9 Å². The number of methoxy groups -OCH3 is 1. The summed E-state index contributed by atoms with van der Waals surface area (Å²) in [5.74, 6) is -1.37. The summed E-state index contributed by atoms with van der Waals surface area (Å²) in [5.41, 5.74) is 3.34. The summed E-state index contributed by atoms with van der Waals surface area (Å²) in [6.45, 7) is 0.136. The molecule has 8 nitrogen and oxygen atoms in total. The number of anilines is 1. The van der Waals surface area contributed by atoms with Crippen molar-refractivity contribution in [2.75, 3.05) is 19.0 Å². The summed E-state index contributed by atoms with van der Waals surface area (Å²) >= 11 is 0. The number of aromatic carboxylic acids is 1. The fourth-order valence-electron chi connectivity index (χ4n) is 4.55. The monoisotopic (exact) mass is 472 g/mol. The highest BCUT2D eigenvalue weighted by atomic mass is 16.5. The van der Waals surface area contributed by atoms with E-state index >= 15 is 0 Å². The zero-order chi connectivity index (χ0) is 24.6. The highest BCUT2D eigenvalue weighted by Crippen LogP contribution is 2.44. The van der Waals surface area contributed by atoms with Gasteiger partial charge in [-0.15, -0.1) is 0 Å². The van der Waals surface area contributed by atoms with E-state index in [0.29, 0.717) is 18.6 Å². The van der Waals surface area contributed by atoms with Crippen LogP contribution in [0.15, 0.2) is 66.7 Å². The van der Waals surface area contributed by atoms with Crippen molar-refractivity contribution in [3.8, 4) is 16.9 Å². The molecule has 178 valence electrons. The Labute approximate surface area is 201 Å². The van der Waals surface area contributed by atoms with Gasteiger partial charge < -0.3 is 25.2 Å². The molecule has 35 heavy (non-hydrogen) atoms. The van der Waals surface area contributed by atoms with Gasteiger partial charge >= 0.3 is 12.1 Å². The van der Waals surface area contributed by atoms with E-state index in [1.54, 1.807) is 0 Å². The molecule has 0 heterocycles. The van der Waals surface area contributed by atoms with E-state index in [-0.39, 0.29) is 23.8 Å². The molecule has 0 atom stereocenters. The molecule has 5 rings (SSSR count). The van der Waals surface area contributed by atoms with Crippen LogP contribution in [0.4, 0.5) is 10.5 Å². The molecule has 0 radical (unpaired) electrons. The predicted octanol–water partition coefficient (Wildman–Crippen LogP) is 4.40. The fourth-order valence-corrected chi connectivity index (χ4v) is 4.55. The average Bonchev–Trinajstić information content (AvgIpc) is 3.58. The van der Waals surface area contributed by atoms with Crippen molar-refractivity contribution in [3.63, 3.8) is 0 Å². The van der Waals surface area contributed by atoms with Gasteiger partial charge in [0.05, 0.1) is 18.4 Å². The predicted molar refractivity (Wildman–Crippen MR) is 129 cm³/mol. The minimum absolute atomic E-state index is 0.0731. The minimum atomic E-state index is -1.18. The van der Waals surface area contributed by atoms with Gasteiger partial charge in [0.15, 0.2) is 0 Å². The number of rotatable bonds is 7. The lowest BCUT2D eigenvalue weighted by Gasteiger charge is -2.20. The number of carboxylic acid groups (broad SMARTS) is 1. The van der Waals surface area contributed by atoms with Crippen LogP contribution in [-0.4, -0.2) is 42.3 Å². The van der Waals surface area contributed by atoms with E-state index < -0.39 is 23.5 Å². The third-order valence-corrected chi connectivity index (χ3v) is 6.58. The summed E-state index contributed by atoms with van der Waals surface area (Å²) in [7, 11) is 1.45. The highest BCUT2D eigenvalue weighted by Gasteiger charge is 2.52. The quantitative estimate of drug-likeness (QED) is 0.470. The molecular weight excluding hydrogens is 448 g/mol. The SMILES string of the molecule is COc1ccc(C(=O)O)c(NC(=O)C2(NC(=O)OCC3c4ccccc4-c4ccccc43)CC2)c1. The summed E-state index contributed by atoms with van der Waals surface area (Å²) in [6.07, 6.45) is 0.161. The van der Waals surface area contributed by atoms with Gasteiger partial charge in [-0.25, -0.2) is 9.59 Å². The first kappa shape index (κ1) is 22.5. The van der Waals surface area contributed by atoms with E-state index in [1.165, 1.54) is 25.3 Å². The maximum Gasteiger partial charge on any atom is 0.408 e. The molecule has 2 aliphatic carbocycles. The van der Waals surface area contributed by atoms with E-state index in [4.69, 9.17) is 9.47 Å². The number of ether oxygens (including phenoxy) is 2. The molecule has 0 spiro atoms. The molecule has 1 fully saturated rings. The summed E-state index contributed by atoms with van der Waals surface area (Å²) in [4.78, 5) is 37.2. The van der Waals surface area contributed by atoms with Gasteiger partial charge in [-0.3, -0.25) is 4.79 Å². The van der Waals surface area contributed by atoms with Gasteiger partial charge in [0.2, 0.25) is 5.91 Å². The number of benzene rings is 3. The van der Waals surface area contributed by atoms with Gasteiger partial charge in [-0.2, -0.15) is 0 Å². The fraction of sp³-hybridized carbons (Fsp3) is 0.222. The molecule has 8 heteroatoms. The van der Waals surface area contributed by atoms with E-state index in [2.05, 4.69) is 22.8 Å². The number of fused-ring (bicyclic) bond motifs is 3. The summed E-state index contributed by atoms with van der Waals surface area (Å²) in [5, 5.41) is 14.8. The van der Waals surface area contributed by atoms with Gasteiger partial charge in [-0.1, -0.05) is 48.5 Å². The Kier molecular flexibility index (Phi) is 5.64. The minimum Gasteiger partial charge on any atom is -0.497 e. The molecule has 0 bridgehead atoms. The molecule has 2 amide bonds. The Bertz CT molecular complexity index is 1290. The van der Waals surface area contributed by atoms with Crippen LogP contribution in [0, 0.1) is 0 Å². The first-order valence-corrected chi connectivity index (χ1v) is 11.3. The first-order chi connectivity index (χ1) is 16.9. The van der Waals surface area contributed by atoms with E-state index in [9.17, 15) is 19.5 Å². The Balaban J connectivity index is 1.26. The lowest BCUT2D eigenvalue weighted by atomic mass is 9.98. The zero-order valence-corrected chi connectivity index (χ0v) is 19.0. The second-order valence-corrected chi connectivity index (χ2v) is 8.70. The Morgan fingerprint density at radius 2 is 1.60 bits per heavy atom. The van der Waals surface area contributed by atoms with Crippen molar-refractivity contribution in [2.24, 2.45) is 0 Å². The highest BCUT2D eigenvalue weighted by molar-refractivity contribution is 6.06. The van der Waals surface area contributed by atoms with Crippen LogP contribution < -0.4 is 15.4 Å². The maximum atomic E-state index is 13.0. The second-order valence-electron chi connectivity index (χ2n) is 8.70. The number of carbonyl (C=O) groups excluding carboxylic acids is 2. The number of nitrogens with one attached hydrogen (secondary N) is 2. The van der Waals surface area contributed by atoms with E-state index in [0.717, 1.165) is 22.3 Å². The zero-order valence-electron chi connectivity index (χ0n) is 19.0. The third-order valence-electron chi connectivity index (χ3n) is 6.58. The molecule has 3 N–H and O–H groups in total. The van der Waals surface area contributed by atoms with Gasteiger partial charge in [0, 0.05) is 12.0 Å². The first-order valence-electron chi connectivity index (χ1n) is 11.3. The third kappa shape index (κ3) is 4.19. The van der Waals surface area contributed by atoms with Crippen LogP contribution >= 0.6 is 0 Å². The Hall–Kier alpha value is -4.33. The van der Waals surface area contributed by atoms with Crippen LogP contribution in [0.2, 0.25) is 0 Å². The Morgan fingerprint density at radius 1 is 0.971 bits per heavy atom. The molecule has 2 aliphatic rings. The molecule has 3 aromatic rings. The average molecular weight is 472 g/mol. The standard InChI is InChI=1S/C27H24N2O6/c1-34-16-10-11-21(24(30)31)23(14-16)28-25(32)27(12-13-27)29-26(33)35-15-22-19-8-4-2-6-17(19)18-7-3-5-9-20(18)22/h2-11,14,22H,12-13,15H2,1H3,(H,28,32)(H,29,33)(H,30,31). The molecule has 3 aromatic carbocycles. The number of alkyl carbamates (subject to hydrolysis) is 1. The lowest BCUT2D eigenvalue weighted by Crippen LogP contribution is -2.46. The van der Waals surface area contributed by atoms with Crippen molar-refractivity contribution in [3.05, 3.63) is 83.4 Å². The van der Waals surface area contributed by atoms with Crippen molar-refractivity contribution < 1.29 is 29.0 Å². The molecule has 0 aromatic heterocycles. The van der Waals surface area contributed by atoms with Crippen molar-refractivity contribution in [2.45, 2.75) is 24.3 Å². The van der Waals surface area contributed by atoms with Crippen LogP contribution in [0.3, 0.4) is 0 Å². The normalized spacial score (nSPS) is 14.9. The molecule has 0 aliphatic heterocycles. The van der Waals surface area contributed by atoms with Gasteiger partial charge in [-0.05, 0) is 47.2 Å². The summed E-state index contributed by atoms with van der Waals surface area (Å²) < 4.78 is 10.7. The molecule has 0 unspecified atom stereocenters. The van der Waals surface area contributed by atoms with Crippen LogP contribution in [0.25, 0.3) is 11.1 Å². The van der Waals surface area contributed by atoms with Crippen molar-refractivity contribution in [1.29, 1.82) is 0 Å². The molecule has 1 saturated carbocycles. The van der Waals surface area contributed by atoms with Gasteiger partial charge in [0.25, 0.3) is 0 Å². The van der Waals surface area contributed by atoms with Crippen molar-refractivity contribution >= 4 is 23.7 Å². The van der Waals surface area contributed by atoms with Crippen LogP contribution in [0.5, 0.6) is 5.75 Å². The summed E-state index contributed by atoms with van der Waals surface area (Å²) in [6, 6.07) is 20.4. The number of carboxylic acids is 1.